The van der Waals surface area contributed by atoms with Crippen molar-refractivity contribution in [1.29, 1.82) is 0 Å². The summed E-state index contributed by atoms with van der Waals surface area (Å²) in [6, 6.07) is 14.4. The highest BCUT2D eigenvalue weighted by Gasteiger charge is 2.10. The fraction of sp³-hybridized carbons (Fsp3) is 0.167. The van der Waals surface area contributed by atoms with Crippen LogP contribution in [0.2, 0.25) is 0 Å². The predicted molar refractivity (Wildman–Crippen MR) is 86.2 cm³/mol. The molecule has 4 heteroatoms. The molecule has 0 aliphatic rings. The summed E-state index contributed by atoms with van der Waals surface area (Å²) >= 11 is 0. The number of fused-ring (bicyclic) bond motifs is 1. The first-order valence-electron chi connectivity index (χ1n) is 7.24. The molecule has 3 rings (SSSR count). The molecule has 1 atom stereocenters. The topological polar surface area (TPSA) is 54.9 Å². The van der Waals surface area contributed by atoms with E-state index in [1.165, 1.54) is 17.1 Å². The van der Waals surface area contributed by atoms with Crippen LogP contribution in [0, 0.1) is 0 Å². The smallest absolute Gasteiger partial charge is 0.225 e. The highest BCUT2D eigenvalue weighted by Crippen LogP contribution is 2.20. The van der Waals surface area contributed by atoms with Gasteiger partial charge in [0.25, 0.3) is 0 Å². The molecule has 0 bridgehead atoms. The van der Waals surface area contributed by atoms with Gasteiger partial charge in [0.1, 0.15) is 6.33 Å². The molecule has 0 aliphatic heterocycles. The first-order chi connectivity index (χ1) is 10.7. The summed E-state index contributed by atoms with van der Waals surface area (Å²) in [5, 5.41) is 5.39. The lowest BCUT2D eigenvalue weighted by Gasteiger charge is -2.15. The molecule has 1 N–H and O–H groups in total. The minimum atomic E-state index is -0.0401. The third kappa shape index (κ3) is 3.28. The molecule has 0 saturated heterocycles. The molecule has 0 radical (unpaired) electrons. The highest BCUT2D eigenvalue weighted by atomic mass is 16.1. The molecule has 0 fully saturated rings. The van der Waals surface area contributed by atoms with E-state index in [2.05, 4.69) is 45.6 Å². The SMILES string of the molecule is C[C@H](NC(=O)Cc1cncnc1)c1ccc2ccccc2c1. The molecular weight excluding hydrogens is 274 g/mol. The van der Waals surface area contributed by atoms with Crippen molar-refractivity contribution in [2.75, 3.05) is 0 Å². The van der Waals surface area contributed by atoms with Gasteiger partial charge in [0, 0.05) is 12.4 Å². The molecule has 0 unspecified atom stereocenters. The maximum absolute atomic E-state index is 12.1. The second-order valence-corrected chi connectivity index (χ2v) is 5.32. The van der Waals surface area contributed by atoms with Crippen LogP contribution in [0.1, 0.15) is 24.1 Å². The largest absolute Gasteiger partial charge is 0.349 e. The zero-order chi connectivity index (χ0) is 15.4. The molecular formula is C18H17N3O. The second kappa shape index (κ2) is 6.35. The third-order valence-corrected chi connectivity index (χ3v) is 3.63. The molecule has 3 aromatic rings. The van der Waals surface area contributed by atoms with Gasteiger partial charge < -0.3 is 5.32 Å². The summed E-state index contributed by atoms with van der Waals surface area (Å²) in [5.74, 6) is -0.0320. The minimum Gasteiger partial charge on any atom is -0.349 e. The van der Waals surface area contributed by atoms with Crippen LogP contribution in [0.3, 0.4) is 0 Å². The number of carbonyl (C=O) groups excluding carboxylic acids is 1. The van der Waals surface area contributed by atoms with Gasteiger partial charge >= 0.3 is 0 Å². The highest BCUT2D eigenvalue weighted by molar-refractivity contribution is 5.83. The van der Waals surface area contributed by atoms with Crippen molar-refractivity contribution in [3.8, 4) is 0 Å². The molecule has 2 aromatic carbocycles. The van der Waals surface area contributed by atoms with Gasteiger partial charge in [0.2, 0.25) is 5.91 Å². The van der Waals surface area contributed by atoms with E-state index in [4.69, 9.17) is 0 Å². The molecule has 0 aliphatic carbocycles. The Kier molecular flexibility index (Phi) is 4.10. The summed E-state index contributed by atoms with van der Waals surface area (Å²) in [7, 11) is 0. The van der Waals surface area contributed by atoms with Gasteiger partial charge in [-0.15, -0.1) is 0 Å². The van der Waals surface area contributed by atoms with Crippen molar-refractivity contribution in [3.63, 3.8) is 0 Å². The first-order valence-corrected chi connectivity index (χ1v) is 7.24. The van der Waals surface area contributed by atoms with Crippen molar-refractivity contribution in [1.82, 2.24) is 15.3 Å². The second-order valence-electron chi connectivity index (χ2n) is 5.32. The summed E-state index contributed by atoms with van der Waals surface area (Å²) in [4.78, 5) is 19.9. The van der Waals surface area contributed by atoms with Gasteiger partial charge in [-0.3, -0.25) is 4.79 Å². The third-order valence-electron chi connectivity index (χ3n) is 3.63. The number of carbonyl (C=O) groups is 1. The Balaban J connectivity index is 1.70. The molecule has 1 aromatic heterocycles. The maximum atomic E-state index is 12.1. The van der Waals surface area contributed by atoms with Gasteiger partial charge in [0.05, 0.1) is 12.5 Å². The summed E-state index contributed by atoms with van der Waals surface area (Å²) in [6.07, 6.45) is 5.07. The average Bonchev–Trinajstić information content (AvgIpc) is 2.55. The number of amides is 1. The van der Waals surface area contributed by atoms with E-state index in [0.717, 1.165) is 11.1 Å². The van der Waals surface area contributed by atoms with Crippen LogP contribution in [-0.2, 0) is 11.2 Å². The standard InChI is InChI=1S/C18H17N3O/c1-13(21-18(22)8-14-10-19-12-20-11-14)16-7-6-15-4-2-3-5-17(15)9-16/h2-7,9-13H,8H2,1H3,(H,21,22)/t13-/m0/s1. The summed E-state index contributed by atoms with van der Waals surface area (Å²) in [5.41, 5.74) is 1.90. The van der Waals surface area contributed by atoms with E-state index in [0.29, 0.717) is 6.42 Å². The number of nitrogens with zero attached hydrogens (tertiary/aromatic N) is 2. The number of aromatic nitrogens is 2. The Morgan fingerprint density at radius 1 is 1.09 bits per heavy atom. The van der Waals surface area contributed by atoms with Crippen LogP contribution in [-0.4, -0.2) is 15.9 Å². The zero-order valence-electron chi connectivity index (χ0n) is 12.4. The number of benzene rings is 2. The number of hydrogen-bond donors (Lipinski definition) is 1. The quantitative estimate of drug-likeness (QED) is 0.804. The van der Waals surface area contributed by atoms with Crippen LogP contribution in [0.4, 0.5) is 0 Å². The van der Waals surface area contributed by atoms with Crippen molar-refractivity contribution in [3.05, 3.63) is 72.3 Å². The van der Waals surface area contributed by atoms with Crippen LogP contribution in [0.15, 0.2) is 61.2 Å². The average molecular weight is 291 g/mol. The normalized spacial score (nSPS) is 12.0. The fourth-order valence-corrected chi connectivity index (χ4v) is 2.46. The molecule has 1 amide bonds. The lowest BCUT2D eigenvalue weighted by atomic mass is 10.0. The van der Waals surface area contributed by atoms with E-state index < -0.39 is 0 Å². The van der Waals surface area contributed by atoms with Gasteiger partial charge in [-0.1, -0.05) is 36.4 Å². The molecule has 110 valence electrons. The van der Waals surface area contributed by atoms with Gasteiger partial charge in [-0.05, 0) is 34.9 Å². The predicted octanol–water partition coefficient (Wildman–Crippen LogP) is 3.05. The van der Waals surface area contributed by atoms with E-state index in [-0.39, 0.29) is 11.9 Å². The Morgan fingerprint density at radius 3 is 2.59 bits per heavy atom. The Morgan fingerprint density at radius 2 is 1.82 bits per heavy atom. The number of nitrogens with one attached hydrogen (secondary N) is 1. The maximum Gasteiger partial charge on any atom is 0.225 e. The number of rotatable bonds is 4. The minimum absolute atomic E-state index is 0.0320. The van der Waals surface area contributed by atoms with Crippen LogP contribution in [0.5, 0.6) is 0 Å². The Hall–Kier alpha value is -2.75. The van der Waals surface area contributed by atoms with Gasteiger partial charge in [-0.25, -0.2) is 9.97 Å². The summed E-state index contributed by atoms with van der Waals surface area (Å²) < 4.78 is 0. The van der Waals surface area contributed by atoms with Crippen molar-refractivity contribution in [2.45, 2.75) is 19.4 Å². The Bertz CT molecular complexity index is 786. The van der Waals surface area contributed by atoms with Crippen molar-refractivity contribution < 1.29 is 4.79 Å². The van der Waals surface area contributed by atoms with Gasteiger partial charge in [0.15, 0.2) is 0 Å². The summed E-state index contributed by atoms with van der Waals surface area (Å²) in [6.45, 7) is 1.99. The van der Waals surface area contributed by atoms with E-state index in [1.54, 1.807) is 12.4 Å². The van der Waals surface area contributed by atoms with Crippen LogP contribution >= 0.6 is 0 Å². The van der Waals surface area contributed by atoms with Crippen molar-refractivity contribution in [2.24, 2.45) is 0 Å². The molecule has 1 heterocycles. The molecule has 0 spiro atoms. The zero-order valence-corrected chi connectivity index (χ0v) is 12.4. The fourth-order valence-electron chi connectivity index (χ4n) is 2.46. The van der Waals surface area contributed by atoms with E-state index in [9.17, 15) is 4.79 Å². The molecule has 22 heavy (non-hydrogen) atoms. The lowest BCUT2D eigenvalue weighted by molar-refractivity contribution is -0.121. The number of hydrogen-bond acceptors (Lipinski definition) is 3. The van der Waals surface area contributed by atoms with Crippen LogP contribution < -0.4 is 5.32 Å². The van der Waals surface area contributed by atoms with Gasteiger partial charge in [-0.2, -0.15) is 0 Å². The lowest BCUT2D eigenvalue weighted by Crippen LogP contribution is -2.28. The van der Waals surface area contributed by atoms with Crippen molar-refractivity contribution >= 4 is 16.7 Å². The molecule has 4 nitrogen and oxygen atoms in total. The Labute approximate surface area is 129 Å². The molecule has 0 saturated carbocycles. The van der Waals surface area contributed by atoms with E-state index in [1.807, 2.05) is 19.1 Å². The van der Waals surface area contributed by atoms with E-state index >= 15 is 0 Å². The van der Waals surface area contributed by atoms with Crippen LogP contribution in [0.25, 0.3) is 10.8 Å². The monoisotopic (exact) mass is 291 g/mol. The first kappa shape index (κ1) is 14.2.